The van der Waals surface area contributed by atoms with Gasteiger partial charge in [0.1, 0.15) is 0 Å². The number of fused-ring (bicyclic) bond motifs is 2. The number of carbonyl (C=O) groups excluding carboxylic acids is 3. The molecule has 4 aromatic carbocycles. The van der Waals surface area contributed by atoms with Gasteiger partial charge in [-0.3, -0.25) is 14.4 Å². The van der Waals surface area contributed by atoms with Gasteiger partial charge in [0, 0.05) is 27.5 Å². The highest BCUT2D eigenvalue weighted by Crippen LogP contribution is 2.24. The predicted molar refractivity (Wildman–Crippen MR) is 123 cm³/mol. The van der Waals surface area contributed by atoms with Crippen molar-refractivity contribution in [3.8, 4) is 0 Å². The van der Waals surface area contributed by atoms with E-state index in [4.69, 9.17) is 0 Å². The Morgan fingerprint density at radius 2 is 1.12 bits per heavy atom. The van der Waals surface area contributed by atoms with Crippen molar-refractivity contribution in [3.05, 3.63) is 139 Å². The zero-order valence-electron chi connectivity index (χ0n) is 17.8. The minimum atomic E-state index is -0.677. The van der Waals surface area contributed by atoms with Crippen LogP contribution in [-0.4, -0.2) is 17.3 Å². The molecule has 3 heteroatoms. The number of hydrogen-bond acceptors (Lipinski definition) is 3. The zero-order chi connectivity index (χ0) is 22.4. The van der Waals surface area contributed by atoms with E-state index in [9.17, 15) is 14.4 Å². The smallest absolute Gasteiger partial charge is 0.234 e. The molecule has 1 aliphatic carbocycles. The number of hydrogen-bond donors (Lipinski definition) is 0. The maximum atomic E-state index is 13.6. The second kappa shape index (κ2) is 7.54. The van der Waals surface area contributed by atoms with Crippen LogP contribution in [0.4, 0.5) is 0 Å². The van der Waals surface area contributed by atoms with Crippen LogP contribution < -0.4 is 0 Å². The van der Waals surface area contributed by atoms with Crippen LogP contribution in [0.5, 0.6) is 0 Å². The van der Waals surface area contributed by atoms with Crippen LogP contribution in [-0.2, 0) is 0 Å². The Labute approximate surface area is 185 Å². The van der Waals surface area contributed by atoms with Gasteiger partial charge in [0.15, 0.2) is 5.78 Å². The molecule has 5 rings (SSSR count). The van der Waals surface area contributed by atoms with E-state index < -0.39 is 11.6 Å². The Balaban J connectivity index is 1.62. The van der Waals surface area contributed by atoms with Crippen molar-refractivity contribution in [1.29, 1.82) is 0 Å². The molecule has 3 nitrogen and oxygen atoms in total. The average molecular weight is 416 g/mol. The summed E-state index contributed by atoms with van der Waals surface area (Å²) < 4.78 is 0. The Kier molecular flexibility index (Phi) is 4.67. The molecule has 0 fully saturated rings. The highest BCUT2D eigenvalue weighted by Gasteiger charge is 2.25. The van der Waals surface area contributed by atoms with Gasteiger partial charge in [0.05, 0.1) is 0 Å². The van der Waals surface area contributed by atoms with Crippen LogP contribution in [0.2, 0.25) is 0 Å². The van der Waals surface area contributed by atoms with Crippen molar-refractivity contribution in [1.82, 2.24) is 0 Å². The Morgan fingerprint density at radius 1 is 0.531 bits per heavy atom. The molecule has 0 saturated carbocycles. The number of benzene rings is 4. The standard InChI is InChI=1S/C29H20O3/c1-17-11-14-19(15-12-17)27(30)29(32)23-10-6-5-9-22(23)28(31)24-16-13-18(2)25-20-7-3-4-8-21(20)26(24)25/h3-16H,1-2H3. The number of ketones is 3. The van der Waals surface area contributed by atoms with Gasteiger partial charge in [0.2, 0.25) is 11.6 Å². The minimum Gasteiger partial charge on any atom is -0.289 e. The lowest BCUT2D eigenvalue weighted by Gasteiger charge is -2.13. The number of Topliss-reactive ketones (excluding diaryl/α,β-unsaturated/α-hetero) is 2. The summed E-state index contributed by atoms with van der Waals surface area (Å²) in [6.07, 6.45) is 0. The molecule has 4 aromatic rings. The second-order valence-electron chi connectivity index (χ2n) is 8.12. The van der Waals surface area contributed by atoms with Gasteiger partial charge in [-0.1, -0.05) is 90.5 Å². The minimum absolute atomic E-state index is 0.130. The van der Waals surface area contributed by atoms with Crippen molar-refractivity contribution in [3.63, 3.8) is 0 Å². The Hall–Kier alpha value is -4.11. The topological polar surface area (TPSA) is 51.2 Å². The molecular weight excluding hydrogens is 396 g/mol. The quantitative estimate of drug-likeness (QED) is 0.281. The first-order valence-corrected chi connectivity index (χ1v) is 10.5. The predicted octanol–water partition coefficient (Wildman–Crippen LogP) is 5.49. The highest BCUT2D eigenvalue weighted by atomic mass is 16.2. The van der Waals surface area contributed by atoms with Crippen molar-refractivity contribution in [2.45, 2.75) is 13.8 Å². The SMILES string of the molecule is Cc1ccc(C(=O)C(=O)c2ccccc2C(=O)c2ccc(C)c3c2=c2ccccc2=3)cc1. The lowest BCUT2D eigenvalue weighted by molar-refractivity contribution is 0.0815. The van der Waals surface area contributed by atoms with Crippen LogP contribution in [0.1, 0.15) is 47.8 Å². The molecule has 0 radical (unpaired) electrons. The van der Waals surface area contributed by atoms with Crippen LogP contribution in [0, 0.1) is 34.7 Å². The van der Waals surface area contributed by atoms with E-state index in [1.807, 2.05) is 44.2 Å². The van der Waals surface area contributed by atoms with E-state index in [2.05, 4.69) is 6.07 Å². The van der Waals surface area contributed by atoms with Gasteiger partial charge in [0.25, 0.3) is 0 Å². The second-order valence-corrected chi connectivity index (χ2v) is 8.12. The van der Waals surface area contributed by atoms with Gasteiger partial charge >= 0.3 is 0 Å². The summed E-state index contributed by atoms with van der Waals surface area (Å²) in [5.41, 5.74) is 3.35. The Bertz CT molecular complexity index is 1630. The molecule has 0 spiro atoms. The highest BCUT2D eigenvalue weighted by molar-refractivity contribution is 6.50. The molecule has 0 saturated heterocycles. The first-order valence-electron chi connectivity index (χ1n) is 10.5. The fourth-order valence-electron chi connectivity index (χ4n) is 4.36. The Morgan fingerprint density at radius 3 is 1.81 bits per heavy atom. The zero-order valence-corrected chi connectivity index (χ0v) is 17.8. The van der Waals surface area contributed by atoms with E-state index in [0.717, 1.165) is 32.0 Å². The van der Waals surface area contributed by atoms with Crippen LogP contribution in [0.15, 0.2) is 84.9 Å². The molecule has 32 heavy (non-hydrogen) atoms. The maximum Gasteiger partial charge on any atom is 0.234 e. The molecule has 0 unspecified atom stereocenters. The largest absolute Gasteiger partial charge is 0.289 e. The summed E-state index contributed by atoms with van der Waals surface area (Å²) in [7, 11) is 0. The van der Waals surface area contributed by atoms with Crippen molar-refractivity contribution < 1.29 is 14.4 Å². The van der Waals surface area contributed by atoms with Gasteiger partial charge in [-0.15, -0.1) is 0 Å². The van der Waals surface area contributed by atoms with E-state index in [1.165, 1.54) is 0 Å². The molecule has 0 heterocycles. The van der Waals surface area contributed by atoms with E-state index in [1.54, 1.807) is 48.5 Å². The first-order chi connectivity index (χ1) is 15.5. The summed E-state index contributed by atoms with van der Waals surface area (Å²) in [6, 6.07) is 25.2. The molecule has 154 valence electrons. The number of rotatable bonds is 5. The molecule has 0 aromatic heterocycles. The van der Waals surface area contributed by atoms with Gasteiger partial charge in [-0.05, 0) is 35.1 Å². The lowest BCUT2D eigenvalue weighted by atomic mass is 9.88. The molecule has 0 bridgehead atoms. The summed E-state index contributed by atoms with van der Waals surface area (Å²) in [6.45, 7) is 3.94. The molecule has 1 aliphatic rings. The van der Waals surface area contributed by atoms with Crippen molar-refractivity contribution in [2.24, 2.45) is 0 Å². The molecule has 0 N–H and O–H groups in total. The maximum absolute atomic E-state index is 13.6. The summed E-state index contributed by atoms with van der Waals surface area (Å²) in [5.74, 6) is -1.55. The van der Waals surface area contributed by atoms with Gasteiger partial charge in [-0.2, -0.15) is 0 Å². The van der Waals surface area contributed by atoms with E-state index in [-0.39, 0.29) is 16.9 Å². The van der Waals surface area contributed by atoms with Crippen LogP contribution in [0.25, 0.3) is 0 Å². The summed E-state index contributed by atoms with van der Waals surface area (Å²) in [4.78, 5) is 39.6. The van der Waals surface area contributed by atoms with Gasteiger partial charge < -0.3 is 0 Å². The number of carbonyl (C=O) groups is 3. The van der Waals surface area contributed by atoms with Crippen molar-refractivity contribution in [2.75, 3.05) is 0 Å². The summed E-state index contributed by atoms with van der Waals surface area (Å²) in [5, 5.41) is 4.16. The third kappa shape index (κ3) is 3.02. The fraction of sp³-hybridized carbons (Fsp3) is 0.0690. The lowest BCUT2D eigenvalue weighted by Crippen LogP contribution is -2.19. The molecular formula is C29H20O3. The normalized spacial score (nSPS) is 11.2. The molecule has 0 atom stereocenters. The fourth-order valence-corrected chi connectivity index (χ4v) is 4.36. The van der Waals surface area contributed by atoms with Gasteiger partial charge in [-0.25, -0.2) is 0 Å². The molecule has 0 amide bonds. The molecule has 0 aliphatic heterocycles. The third-order valence-corrected chi connectivity index (χ3v) is 6.06. The van der Waals surface area contributed by atoms with Crippen LogP contribution >= 0.6 is 0 Å². The first kappa shape index (κ1) is 19.8. The average Bonchev–Trinajstić information content (AvgIpc) is 2.81. The monoisotopic (exact) mass is 416 g/mol. The van der Waals surface area contributed by atoms with Crippen molar-refractivity contribution >= 4 is 17.3 Å². The van der Waals surface area contributed by atoms with E-state index in [0.29, 0.717) is 11.1 Å². The van der Waals surface area contributed by atoms with Crippen LogP contribution in [0.3, 0.4) is 0 Å². The van der Waals surface area contributed by atoms with E-state index >= 15 is 0 Å². The summed E-state index contributed by atoms with van der Waals surface area (Å²) >= 11 is 0. The third-order valence-electron chi connectivity index (χ3n) is 6.06. The number of aryl methyl sites for hydroxylation is 2.